The van der Waals surface area contributed by atoms with E-state index in [4.69, 9.17) is 4.74 Å². The summed E-state index contributed by atoms with van der Waals surface area (Å²) in [6.07, 6.45) is 8.89. The molecule has 4 nitrogen and oxygen atoms in total. The number of carbonyl (C=O) groups is 1. The largest absolute Gasteiger partial charge is 0.441 e. The summed E-state index contributed by atoms with van der Waals surface area (Å²) in [5.41, 5.74) is 3.70. The van der Waals surface area contributed by atoms with Crippen LogP contribution in [0, 0.1) is 0 Å². The van der Waals surface area contributed by atoms with Gasteiger partial charge in [0.25, 0.3) is 0 Å². The van der Waals surface area contributed by atoms with Crippen LogP contribution in [0.3, 0.4) is 0 Å². The molecule has 1 spiro atoms. The van der Waals surface area contributed by atoms with Gasteiger partial charge in [-0.25, -0.2) is 4.79 Å². The molecule has 0 aromatic heterocycles. The fraction of sp³-hybridized carbons (Fsp3) is 0.550. The highest BCUT2D eigenvalue weighted by molar-refractivity contribution is 5.71. The highest BCUT2D eigenvalue weighted by Crippen LogP contribution is 2.37. The minimum atomic E-state index is -0.199. The molecule has 0 atom stereocenters. The van der Waals surface area contributed by atoms with Gasteiger partial charge in [-0.2, -0.15) is 0 Å². The van der Waals surface area contributed by atoms with Gasteiger partial charge in [-0.15, -0.1) is 0 Å². The van der Waals surface area contributed by atoms with E-state index in [2.05, 4.69) is 35.7 Å². The van der Waals surface area contributed by atoms with Crippen molar-refractivity contribution in [2.24, 2.45) is 0 Å². The summed E-state index contributed by atoms with van der Waals surface area (Å²) in [5.74, 6) is 0. The van der Waals surface area contributed by atoms with E-state index in [-0.39, 0.29) is 11.7 Å². The van der Waals surface area contributed by atoms with Crippen LogP contribution in [0.4, 0.5) is 4.79 Å². The van der Waals surface area contributed by atoms with Crippen LogP contribution in [0.1, 0.15) is 49.7 Å². The molecular formula is C20H26N2O2. The second kappa shape index (κ2) is 6.60. The Labute approximate surface area is 143 Å². The molecule has 3 aliphatic rings. The highest BCUT2D eigenvalue weighted by atomic mass is 16.6. The minimum absolute atomic E-state index is 0.137. The molecule has 4 heteroatoms. The number of benzene rings is 1. The van der Waals surface area contributed by atoms with Crippen LogP contribution in [0.25, 0.3) is 5.57 Å². The molecule has 2 fully saturated rings. The lowest BCUT2D eigenvalue weighted by Gasteiger charge is -2.30. The van der Waals surface area contributed by atoms with Crippen LogP contribution >= 0.6 is 0 Å². The van der Waals surface area contributed by atoms with Crippen LogP contribution < -0.4 is 5.32 Å². The van der Waals surface area contributed by atoms with Crippen molar-refractivity contribution in [3.63, 3.8) is 0 Å². The number of nitrogens with one attached hydrogen (secondary N) is 1. The molecule has 1 saturated heterocycles. The van der Waals surface area contributed by atoms with Gasteiger partial charge in [-0.1, -0.05) is 36.8 Å². The summed E-state index contributed by atoms with van der Waals surface area (Å²) in [6.45, 7) is 3.42. The summed E-state index contributed by atoms with van der Waals surface area (Å²) in [5, 5.41) is 3.34. The van der Waals surface area contributed by atoms with E-state index < -0.39 is 0 Å². The zero-order valence-electron chi connectivity index (χ0n) is 14.2. The predicted molar refractivity (Wildman–Crippen MR) is 94.6 cm³/mol. The van der Waals surface area contributed by atoms with Crippen molar-refractivity contribution in [2.45, 2.75) is 50.7 Å². The highest BCUT2D eigenvalue weighted by Gasteiger charge is 2.45. The van der Waals surface area contributed by atoms with Gasteiger partial charge in [-0.3, -0.25) is 4.90 Å². The van der Waals surface area contributed by atoms with Gasteiger partial charge >= 0.3 is 6.09 Å². The fourth-order valence-corrected chi connectivity index (χ4v) is 4.20. The van der Waals surface area contributed by atoms with Gasteiger partial charge in [0.1, 0.15) is 5.60 Å². The summed E-state index contributed by atoms with van der Waals surface area (Å²) in [4.78, 5) is 14.1. The Morgan fingerprint density at radius 1 is 1.12 bits per heavy atom. The Balaban J connectivity index is 1.42. The second-order valence-electron chi connectivity index (χ2n) is 7.35. The summed E-state index contributed by atoms with van der Waals surface area (Å²) < 4.78 is 5.76. The smallest absolute Gasteiger partial charge is 0.410 e. The molecule has 1 aromatic rings. The third-order valence-corrected chi connectivity index (χ3v) is 5.57. The first-order valence-corrected chi connectivity index (χ1v) is 9.21. The lowest BCUT2D eigenvalue weighted by molar-refractivity contribution is 0.0260. The second-order valence-corrected chi connectivity index (χ2v) is 7.35. The van der Waals surface area contributed by atoms with E-state index in [0.29, 0.717) is 6.54 Å². The van der Waals surface area contributed by atoms with Crippen molar-refractivity contribution >= 4 is 11.7 Å². The monoisotopic (exact) mass is 326 g/mol. The molecule has 0 radical (unpaired) electrons. The van der Waals surface area contributed by atoms with E-state index in [1.807, 2.05) is 4.90 Å². The van der Waals surface area contributed by atoms with Gasteiger partial charge < -0.3 is 10.1 Å². The fourth-order valence-electron chi connectivity index (χ4n) is 4.20. The zero-order chi connectivity index (χ0) is 16.4. The lowest BCUT2D eigenvalue weighted by atomic mass is 9.85. The molecule has 1 amide bonds. The average molecular weight is 326 g/mol. The van der Waals surface area contributed by atoms with Gasteiger partial charge in [0.2, 0.25) is 0 Å². The number of ether oxygens (including phenoxy) is 1. The molecule has 1 saturated carbocycles. The number of hydrogen-bond donors (Lipinski definition) is 1. The maximum atomic E-state index is 12.3. The van der Waals surface area contributed by atoms with Gasteiger partial charge in [0, 0.05) is 13.1 Å². The van der Waals surface area contributed by atoms with Crippen molar-refractivity contribution in [2.75, 3.05) is 19.6 Å². The van der Waals surface area contributed by atoms with Crippen molar-refractivity contribution in [1.29, 1.82) is 0 Å². The predicted octanol–water partition coefficient (Wildman–Crippen LogP) is 3.72. The van der Waals surface area contributed by atoms with Crippen LogP contribution in [0.15, 0.2) is 30.3 Å². The lowest BCUT2D eigenvalue weighted by Crippen LogP contribution is -2.36. The molecule has 0 unspecified atom stereocenters. The Hall–Kier alpha value is -1.81. The van der Waals surface area contributed by atoms with E-state index in [0.717, 1.165) is 38.9 Å². The minimum Gasteiger partial charge on any atom is -0.441 e. The van der Waals surface area contributed by atoms with Crippen LogP contribution in [0.5, 0.6) is 0 Å². The van der Waals surface area contributed by atoms with E-state index in [9.17, 15) is 4.79 Å². The SMILES string of the molecule is O=C1OC2(CCCCC2)CN1Cc1ccc(C2=CCNCC2)cc1. The molecule has 1 aromatic carbocycles. The van der Waals surface area contributed by atoms with Crippen molar-refractivity contribution in [3.8, 4) is 0 Å². The normalized spacial score (nSPS) is 23.2. The Morgan fingerprint density at radius 3 is 2.62 bits per heavy atom. The van der Waals surface area contributed by atoms with Gasteiger partial charge in [0.15, 0.2) is 0 Å². The number of amides is 1. The molecule has 2 aliphatic heterocycles. The molecule has 1 N–H and O–H groups in total. The summed E-state index contributed by atoms with van der Waals surface area (Å²) in [6, 6.07) is 8.67. The third-order valence-electron chi connectivity index (χ3n) is 5.57. The van der Waals surface area contributed by atoms with Crippen LogP contribution in [-0.2, 0) is 11.3 Å². The topological polar surface area (TPSA) is 41.6 Å². The van der Waals surface area contributed by atoms with Gasteiger partial charge in [-0.05, 0) is 55.3 Å². The van der Waals surface area contributed by atoms with Crippen LogP contribution in [0.2, 0.25) is 0 Å². The molecule has 0 bridgehead atoms. The summed E-state index contributed by atoms with van der Waals surface area (Å²) >= 11 is 0. The molecule has 1 aliphatic carbocycles. The Kier molecular flexibility index (Phi) is 4.31. The first-order chi connectivity index (χ1) is 11.7. The molecule has 4 rings (SSSR count). The standard InChI is InChI=1S/C20H26N2O2/c23-19-22(15-20(24-19)10-2-1-3-11-20)14-16-4-6-17(7-5-16)18-8-12-21-13-9-18/h4-8,21H,1-3,9-15H2. The first kappa shape index (κ1) is 15.7. The average Bonchev–Trinajstić information content (AvgIpc) is 2.91. The van der Waals surface area contributed by atoms with E-state index >= 15 is 0 Å². The Morgan fingerprint density at radius 2 is 1.92 bits per heavy atom. The first-order valence-electron chi connectivity index (χ1n) is 9.21. The molecule has 24 heavy (non-hydrogen) atoms. The number of carbonyl (C=O) groups excluding carboxylic acids is 1. The van der Waals surface area contributed by atoms with Crippen LogP contribution in [-0.4, -0.2) is 36.2 Å². The van der Waals surface area contributed by atoms with Crippen molar-refractivity contribution < 1.29 is 9.53 Å². The quantitative estimate of drug-likeness (QED) is 0.920. The van der Waals surface area contributed by atoms with Crippen molar-refractivity contribution in [1.82, 2.24) is 10.2 Å². The number of hydrogen-bond acceptors (Lipinski definition) is 3. The summed E-state index contributed by atoms with van der Waals surface area (Å²) in [7, 11) is 0. The molecule has 2 heterocycles. The number of rotatable bonds is 3. The number of nitrogens with zero attached hydrogens (tertiary/aromatic N) is 1. The van der Waals surface area contributed by atoms with E-state index in [1.165, 1.54) is 36.0 Å². The van der Waals surface area contributed by atoms with Gasteiger partial charge in [0.05, 0.1) is 6.54 Å². The molecular weight excluding hydrogens is 300 g/mol. The maximum absolute atomic E-state index is 12.3. The Bertz CT molecular complexity index is 630. The zero-order valence-corrected chi connectivity index (χ0v) is 14.2. The van der Waals surface area contributed by atoms with E-state index in [1.54, 1.807) is 0 Å². The van der Waals surface area contributed by atoms with Crippen molar-refractivity contribution in [3.05, 3.63) is 41.5 Å². The molecule has 128 valence electrons. The third kappa shape index (κ3) is 3.20. The maximum Gasteiger partial charge on any atom is 0.410 e.